The normalized spacial score (nSPS) is 15.4. The number of fused-ring (bicyclic) bond motifs is 1. The summed E-state index contributed by atoms with van der Waals surface area (Å²) in [7, 11) is 0. The monoisotopic (exact) mass is 1610 g/mol. The molecule has 0 spiro atoms. The highest BCUT2D eigenvalue weighted by atomic mass is 35.5. The zero-order valence-electron chi connectivity index (χ0n) is 65.8. The second kappa shape index (κ2) is 47.1. The molecule has 1 fully saturated rings. The number of nitrogens with two attached hydrogens (primary N) is 5. The fraction of sp³-hybridized carbons (Fsp3) is 0.463. The third-order valence-electron chi connectivity index (χ3n) is 19.2. The molecular formula is C82H110ClN17O15. The zero-order valence-corrected chi connectivity index (χ0v) is 66.5. The number of amides is 10. The van der Waals surface area contributed by atoms with Crippen molar-refractivity contribution in [1.82, 2.24) is 62.0 Å². The van der Waals surface area contributed by atoms with Gasteiger partial charge in [-0.1, -0.05) is 100.0 Å². The summed E-state index contributed by atoms with van der Waals surface area (Å²) in [5.41, 5.74) is 31.0. The minimum atomic E-state index is -1.97. The quantitative estimate of drug-likeness (QED) is 0.0193. The van der Waals surface area contributed by atoms with E-state index in [1.54, 1.807) is 69.3 Å². The Morgan fingerprint density at radius 1 is 0.530 bits per heavy atom. The number of benzene rings is 3. The molecule has 7 rings (SSSR count). The molecule has 115 heavy (non-hydrogen) atoms. The SMILES string of the molecule is CC(=O)N[C@H](Cc1ccc2ccccc2c1)C(=O)N[C@H](Cc1ccc(Cl)cc1)C(=O)N[C@H](Cc1cccnc1)C(=O)N[C@@H](CO)C(=O)N[C@@H](CCCC(N)C(=O)c1cccnc1)C(=O)N(C(=O)[C@H](CC(C)C)NC(=O)[C@H](N)CCCC(N)C(=O)c1cccnc1)[C@@H](CCCCNC(C)C)C(=O)N1CCC[C@H]1C(=O)O.C[C@@H](N)C(N)=O. The first kappa shape index (κ1) is 93.0. The Balaban J connectivity index is 0.00000329. The Morgan fingerprint density at radius 2 is 1.02 bits per heavy atom. The summed E-state index contributed by atoms with van der Waals surface area (Å²) < 4.78 is 0. The van der Waals surface area contributed by atoms with Crippen LogP contribution in [-0.2, 0) is 72.0 Å². The van der Waals surface area contributed by atoms with E-state index in [1.165, 1.54) is 56.2 Å². The first-order valence-electron chi connectivity index (χ1n) is 38.6. The molecule has 12 atom stereocenters. The number of likely N-dealkylation sites (tertiary alicyclic amines) is 1. The van der Waals surface area contributed by atoms with Gasteiger partial charge in [-0.15, -0.1) is 0 Å². The lowest BCUT2D eigenvalue weighted by atomic mass is 9.96. The predicted octanol–water partition coefficient (Wildman–Crippen LogP) is 2.55. The van der Waals surface area contributed by atoms with Crippen LogP contribution < -0.4 is 65.9 Å². The number of aliphatic hydroxyl groups is 1. The topological polar surface area (TPSA) is 522 Å². The Morgan fingerprint density at radius 3 is 1.54 bits per heavy atom. The molecule has 2 unspecified atom stereocenters. The number of hydrogen-bond acceptors (Lipinski definition) is 22. The fourth-order valence-corrected chi connectivity index (χ4v) is 13.1. The van der Waals surface area contributed by atoms with Gasteiger partial charge in [0.2, 0.25) is 47.3 Å². The van der Waals surface area contributed by atoms with E-state index < -0.39 is 162 Å². The first-order chi connectivity index (χ1) is 54.8. The lowest BCUT2D eigenvalue weighted by molar-refractivity contribution is -0.160. The molecule has 19 N–H and O–H groups in total. The summed E-state index contributed by atoms with van der Waals surface area (Å²) in [6, 6.07) is 12.0. The van der Waals surface area contributed by atoms with E-state index >= 15 is 28.8 Å². The van der Waals surface area contributed by atoms with Gasteiger partial charge in [0.05, 0.1) is 30.8 Å². The third kappa shape index (κ3) is 30.1. The maximum absolute atomic E-state index is 16.3. The molecule has 6 aromatic rings. The van der Waals surface area contributed by atoms with Gasteiger partial charge < -0.3 is 81.0 Å². The molecule has 1 aliphatic heterocycles. The van der Waals surface area contributed by atoms with Gasteiger partial charge in [0.25, 0.3) is 11.8 Å². The van der Waals surface area contributed by atoms with Crippen LogP contribution in [0.4, 0.5) is 0 Å². The van der Waals surface area contributed by atoms with Crippen molar-refractivity contribution in [3.63, 3.8) is 0 Å². The molecule has 0 bridgehead atoms. The number of aromatic nitrogens is 3. The van der Waals surface area contributed by atoms with Gasteiger partial charge in [0.15, 0.2) is 11.6 Å². The molecule has 0 aliphatic carbocycles. The Kier molecular flexibility index (Phi) is 38.1. The molecule has 0 radical (unpaired) electrons. The van der Waals surface area contributed by atoms with Crippen LogP contribution in [-0.4, -0.2) is 210 Å². The molecule has 33 heteroatoms. The number of pyridine rings is 3. The van der Waals surface area contributed by atoms with E-state index in [9.17, 15) is 43.8 Å². The maximum Gasteiger partial charge on any atom is 0.326 e. The van der Waals surface area contributed by atoms with E-state index in [-0.39, 0.29) is 113 Å². The number of imide groups is 1. The number of unbranched alkanes of at least 4 members (excludes halogenated alkanes) is 1. The van der Waals surface area contributed by atoms with Crippen molar-refractivity contribution in [3.8, 4) is 0 Å². The number of ketones is 2. The smallest absolute Gasteiger partial charge is 0.326 e. The van der Waals surface area contributed by atoms with Gasteiger partial charge >= 0.3 is 5.97 Å². The maximum atomic E-state index is 16.3. The highest BCUT2D eigenvalue weighted by Gasteiger charge is 2.47. The van der Waals surface area contributed by atoms with Crippen LogP contribution in [0.1, 0.15) is 156 Å². The van der Waals surface area contributed by atoms with Gasteiger partial charge in [-0.25, -0.2) is 4.79 Å². The zero-order chi connectivity index (χ0) is 84.4. The molecule has 3 aromatic heterocycles. The number of aliphatic carboxylic acids is 1. The molecular weight excluding hydrogens is 1500 g/mol. The summed E-state index contributed by atoms with van der Waals surface area (Å²) >= 11 is 6.27. The standard InChI is InChI=1S/C79H102ClN15O14.C3H8N2O/c1-47(2)38-65(92-71(100)60(83)23-10-21-58(81)69(98)55-19-13-34-85-44-55)77(106)95(67(25-8-9-36-87-48(3)4)78(107)94-37-15-26-68(94)79(108)109)76(105)61(24-11-22-59(82)70(99)56-20-14-35-86-45-56)89-75(104)66(46-96)93-74(103)64(42-52-16-12-33-84-43-52)91-73(102)63(40-50-28-31-57(80)32-29-50)90-72(101)62(88-49(5)97)41-51-27-30-53-17-6-7-18-54(53)39-51;1-2(4)3(5)6/h6-7,12-14,16-20,27-35,39,43-45,47-48,58-68,87,96H,8-11,15,21-26,36-38,40-42,46,81-83H2,1-5H3,(H,88,97)(H,89,104)(H,90,101)(H,91,102)(H,92,100)(H,93,103)(H,108,109);2H,4H2,1H3,(H2,5,6)/t58?,59?,60-,61+,62-,63-,64-,65+,66+,67+,68+;2-/m11/s1. The molecule has 4 heterocycles. The van der Waals surface area contributed by atoms with Crippen molar-refractivity contribution in [2.75, 3.05) is 19.7 Å². The number of nitrogens with zero attached hydrogens (tertiary/aromatic N) is 5. The van der Waals surface area contributed by atoms with Crippen LogP contribution in [0.15, 0.2) is 140 Å². The number of carboxylic acid groups (broad SMARTS) is 1. The highest BCUT2D eigenvalue weighted by molar-refractivity contribution is 6.30. The van der Waals surface area contributed by atoms with Crippen LogP contribution in [0.2, 0.25) is 5.02 Å². The summed E-state index contributed by atoms with van der Waals surface area (Å²) in [5.74, 6) is -11.8. The number of Topliss-reactive ketones (excluding diaryl/α,β-unsaturated/α-hetero) is 2. The molecule has 10 amide bonds. The lowest BCUT2D eigenvalue weighted by Crippen LogP contribution is -2.64. The van der Waals surface area contributed by atoms with Gasteiger partial charge in [-0.05, 0) is 166 Å². The van der Waals surface area contributed by atoms with E-state index in [4.69, 9.17) is 34.5 Å². The van der Waals surface area contributed by atoms with Crippen molar-refractivity contribution in [2.45, 2.75) is 216 Å². The number of hydrogen-bond donors (Lipinski definition) is 14. The third-order valence-corrected chi connectivity index (χ3v) is 19.5. The van der Waals surface area contributed by atoms with Gasteiger partial charge in [-0.3, -0.25) is 77.4 Å². The van der Waals surface area contributed by atoms with Gasteiger partial charge in [0, 0.05) is 92.1 Å². The number of carbonyl (C=O) groups excluding carboxylic acids is 12. The average molecular weight is 1610 g/mol. The Bertz CT molecular complexity index is 4240. The molecule has 0 saturated carbocycles. The Hall–Kier alpha value is -10.9. The minimum absolute atomic E-state index is 0.00757. The van der Waals surface area contributed by atoms with Crippen molar-refractivity contribution in [2.24, 2.45) is 34.6 Å². The van der Waals surface area contributed by atoms with Crippen LogP contribution in [0, 0.1) is 5.92 Å². The molecule has 32 nitrogen and oxygen atoms in total. The first-order valence-corrected chi connectivity index (χ1v) is 39.0. The van der Waals surface area contributed by atoms with E-state index in [1.807, 2.05) is 56.3 Å². The van der Waals surface area contributed by atoms with E-state index in [0.717, 1.165) is 15.7 Å². The predicted molar refractivity (Wildman–Crippen MR) is 431 cm³/mol. The second-order valence-corrected chi connectivity index (χ2v) is 29.9. The number of nitrogens with one attached hydrogen (secondary N) is 7. The van der Waals surface area contributed by atoms with E-state index in [0.29, 0.717) is 39.6 Å². The van der Waals surface area contributed by atoms with Crippen molar-refractivity contribution >= 4 is 99.0 Å². The lowest BCUT2D eigenvalue weighted by Gasteiger charge is -2.38. The number of halogens is 1. The number of carboxylic acids is 1. The molecule has 1 aliphatic rings. The molecule has 620 valence electrons. The molecule has 1 saturated heterocycles. The van der Waals surface area contributed by atoms with Crippen LogP contribution in [0.3, 0.4) is 0 Å². The summed E-state index contributed by atoms with van der Waals surface area (Å²) in [5, 5.41) is 43.3. The summed E-state index contributed by atoms with van der Waals surface area (Å²) in [6.07, 6.45) is 7.99. The highest BCUT2D eigenvalue weighted by Crippen LogP contribution is 2.27. The minimum Gasteiger partial charge on any atom is -0.480 e. The van der Waals surface area contributed by atoms with E-state index in [2.05, 4.69) is 57.9 Å². The van der Waals surface area contributed by atoms with Gasteiger partial charge in [-0.2, -0.15) is 0 Å². The summed E-state index contributed by atoms with van der Waals surface area (Å²) in [6.45, 7) is 9.28. The van der Waals surface area contributed by atoms with Crippen LogP contribution in [0.25, 0.3) is 10.8 Å². The Labute approximate surface area is 674 Å². The largest absolute Gasteiger partial charge is 0.480 e. The van der Waals surface area contributed by atoms with Crippen molar-refractivity contribution in [3.05, 3.63) is 173 Å². The summed E-state index contributed by atoms with van der Waals surface area (Å²) in [4.78, 5) is 198. The average Bonchev–Trinajstić information content (AvgIpc) is 1.78. The second-order valence-electron chi connectivity index (χ2n) is 29.4. The van der Waals surface area contributed by atoms with Gasteiger partial charge in [0.1, 0.15) is 48.3 Å². The molecule has 3 aromatic carbocycles. The van der Waals surface area contributed by atoms with Crippen molar-refractivity contribution in [1.29, 1.82) is 0 Å². The number of rotatable bonds is 44. The fourth-order valence-electron chi connectivity index (χ4n) is 13.0. The number of primary amides is 1. The number of carbonyl (C=O) groups is 13. The van der Waals surface area contributed by atoms with Crippen molar-refractivity contribution < 1.29 is 72.5 Å². The van der Waals surface area contributed by atoms with Crippen LogP contribution >= 0.6 is 11.6 Å². The van der Waals surface area contributed by atoms with Crippen LogP contribution in [0.5, 0.6) is 0 Å². The number of aliphatic hydroxyl groups excluding tert-OH is 1.